The van der Waals surface area contributed by atoms with Gasteiger partial charge in [-0.3, -0.25) is 4.79 Å². The summed E-state index contributed by atoms with van der Waals surface area (Å²) in [5.74, 6) is -1.09. The average Bonchev–Trinajstić information content (AvgIpc) is 2.43. The van der Waals surface area contributed by atoms with Crippen LogP contribution >= 0.6 is 23.4 Å². The maximum absolute atomic E-state index is 13.5. The first-order valence-electron chi connectivity index (χ1n) is 6.22. The Hall–Kier alpha value is -1.66. The first-order chi connectivity index (χ1) is 9.97. The van der Waals surface area contributed by atoms with E-state index in [2.05, 4.69) is 15.3 Å². The van der Waals surface area contributed by atoms with Crippen LogP contribution in [0.2, 0.25) is 5.02 Å². The van der Waals surface area contributed by atoms with E-state index in [0.717, 1.165) is 0 Å². The number of rotatable bonds is 4. The molecule has 1 aromatic carbocycles. The average molecular weight is 326 g/mol. The molecule has 0 atom stereocenters. The van der Waals surface area contributed by atoms with Gasteiger partial charge in [-0.2, -0.15) is 0 Å². The normalized spacial score (nSPS) is 10.7. The number of halogens is 2. The highest BCUT2D eigenvalue weighted by molar-refractivity contribution is 7.99. The molecule has 0 unspecified atom stereocenters. The SMILES string of the molecule is CC(C)Sc1ncc(Cl)c(C(=O)Nc2ccccc2F)n1. The minimum atomic E-state index is -0.571. The zero-order chi connectivity index (χ0) is 15.4. The molecule has 4 nitrogen and oxygen atoms in total. The van der Waals surface area contributed by atoms with Gasteiger partial charge in [0, 0.05) is 5.25 Å². The molecule has 2 rings (SSSR count). The van der Waals surface area contributed by atoms with E-state index < -0.39 is 11.7 Å². The second-order valence-corrected chi connectivity index (χ2v) is 6.40. The highest BCUT2D eigenvalue weighted by Gasteiger charge is 2.16. The van der Waals surface area contributed by atoms with Gasteiger partial charge in [0.05, 0.1) is 16.9 Å². The van der Waals surface area contributed by atoms with Gasteiger partial charge in [0.25, 0.3) is 5.91 Å². The Morgan fingerprint density at radius 2 is 2.10 bits per heavy atom. The van der Waals surface area contributed by atoms with Gasteiger partial charge in [-0.25, -0.2) is 14.4 Å². The van der Waals surface area contributed by atoms with E-state index in [1.807, 2.05) is 13.8 Å². The Balaban J connectivity index is 2.24. The van der Waals surface area contributed by atoms with Crippen LogP contribution in [0.4, 0.5) is 10.1 Å². The summed E-state index contributed by atoms with van der Waals surface area (Å²) in [5, 5.41) is 3.30. The van der Waals surface area contributed by atoms with Crippen molar-refractivity contribution in [3.63, 3.8) is 0 Å². The van der Waals surface area contributed by atoms with Crippen molar-refractivity contribution in [1.82, 2.24) is 9.97 Å². The number of nitrogens with zero attached hydrogens (tertiary/aromatic N) is 2. The third-order valence-corrected chi connectivity index (χ3v) is 3.56. The number of aromatic nitrogens is 2. The lowest BCUT2D eigenvalue weighted by molar-refractivity contribution is 0.102. The molecule has 0 fully saturated rings. The monoisotopic (exact) mass is 325 g/mol. The maximum Gasteiger partial charge on any atom is 0.276 e. The molecule has 110 valence electrons. The first-order valence-corrected chi connectivity index (χ1v) is 7.48. The third kappa shape index (κ3) is 4.15. The van der Waals surface area contributed by atoms with Gasteiger partial charge in [0.15, 0.2) is 10.9 Å². The highest BCUT2D eigenvalue weighted by Crippen LogP contribution is 2.22. The largest absolute Gasteiger partial charge is 0.318 e. The smallest absolute Gasteiger partial charge is 0.276 e. The Labute approximate surface area is 131 Å². The van der Waals surface area contributed by atoms with Crippen LogP contribution in [0.3, 0.4) is 0 Å². The highest BCUT2D eigenvalue weighted by atomic mass is 35.5. The molecule has 0 radical (unpaired) electrons. The second-order valence-electron chi connectivity index (χ2n) is 4.45. The minimum Gasteiger partial charge on any atom is -0.318 e. The summed E-state index contributed by atoms with van der Waals surface area (Å²) >= 11 is 7.36. The number of nitrogens with one attached hydrogen (secondary N) is 1. The molecular weight excluding hydrogens is 313 g/mol. The fraction of sp³-hybridized carbons (Fsp3) is 0.214. The van der Waals surface area contributed by atoms with Gasteiger partial charge in [0.1, 0.15) is 5.82 Å². The van der Waals surface area contributed by atoms with E-state index in [9.17, 15) is 9.18 Å². The number of hydrogen-bond acceptors (Lipinski definition) is 4. The van der Waals surface area contributed by atoms with Crippen LogP contribution in [0.1, 0.15) is 24.3 Å². The molecule has 0 aliphatic carbocycles. The lowest BCUT2D eigenvalue weighted by atomic mass is 10.3. The molecule has 0 aliphatic rings. The molecule has 0 saturated carbocycles. The zero-order valence-electron chi connectivity index (χ0n) is 11.4. The van der Waals surface area contributed by atoms with Crippen molar-refractivity contribution in [2.45, 2.75) is 24.3 Å². The first kappa shape index (κ1) is 15.7. The van der Waals surface area contributed by atoms with Gasteiger partial charge in [-0.15, -0.1) is 0 Å². The Kier molecular flexibility index (Phi) is 5.14. The molecule has 0 aliphatic heterocycles. The molecule has 7 heteroatoms. The number of hydrogen-bond donors (Lipinski definition) is 1. The quantitative estimate of drug-likeness (QED) is 0.681. The van der Waals surface area contributed by atoms with Crippen molar-refractivity contribution in [3.05, 3.63) is 47.0 Å². The lowest BCUT2D eigenvalue weighted by Crippen LogP contribution is -2.16. The molecular formula is C14H13ClFN3OS. The van der Waals surface area contributed by atoms with Crippen LogP contribution in [-0.4, -0.2) is 21.1 Å². The number of anilines is 1. The summed E-state index contributed by atoms with van der Waals surface area (Å²) < 4.78 is 13.5. The fourth-order valence-electron chi connectivity index (χ4n) is 1.52. The standard InChI is InChI=1S/C14H13ClFN3OS/c1-8(2)21-14-17-7-9(15)12(19-14)13(20)18-11-6-4-3-5-10(11)16/h3-8H,1-2H3,(H,18,20). The lowest BCUT2D eigenvalue weighted by Gasteiger charge is -2.08. The van der Waals surface area contributed by atoms with Crippen molar-refractivity contribution < 1.29 is 9.18 Å². The van der Waals surface area contributed by atoms with E-state index in [1.165, 1.54) is 30.1 Å². The van der Waals surface area contributed by atoms with Crippen LogP contribution < -0.4 is 5.32 Å². The van der Waals surface area contributed by atoms with Crippen LogP contribution in [0.25, 0.3) is 0 Å². The van der Waals surface area contributed by atoms with Gasteiger partial charge in [-0.05, 0) is 12.1 Å². The molecule has 21 heavy (non-hydrogen) atoms. The summed E-state index contributed by atoms with van der Waals surface area (Å²) in [6.07, 6.45) is 1.37. The van der Waals surface area contributed by atoms with Crippen LogP contribution in [0.5, 0.6) is 0 Å². The number of amides is 1. The van der Waals surface area contributed by atoms with E-state index in [0.29, 0.717) is 5.16 Å². The number of para-hydroxylation sites is 1. The summed E-state index contributed by atoms with van der Waals surface area (Å²) in [4.78, 5) is 20.3. The molecule has 1 N–H and O–H groups in total. The number of carbonyl (C=O) groups is 1. The summed E-state index contributed by atoms with van der Waals surface area (Å²) in [7, 11) is 0. The Morgan fingerprint density at radius 1 is 1.38 bits per heavy atom. The summed E-state index contributed by atoms with van der Waals surface area (Å²) in [6.45, 7) is 3.98. The Morgan fingerprint density at radius 3 is 2.76 bits per heavy atom. The summed E-state index contributed by atoms with van der Waals surface area (Å²) in [6, 6.07) is 5.89. The summed E-state index contributed by atoms with van der Waals surface area (Å²) in [5.41, 5.74) is 0.105. The molecule has 0 bridgehead atoms. The predicted molar refractivity (Wildman–Crippen MR) is 82.4 cm³/mol. The predicted octanol–water partition coefficient (Wildman–Crippen LogP) is 4.02. The van der Waals surface area contributed by atoms with Crippen LogP contribution in [-0.2, 0) is 0 Å². The molecule has 2 aromatic rings. The number of benzene rings is 1. The van der Waals surface area contributed by atoms with Crippen molar-refractivity contribution in [2.75, 3.05) is 5.32 Å². The van der Waals surface area contributed by atoms with Crippen molar-refractivity contribution in [3.8, 4) is 0 Å². The molecule has 1 heterocycles. The van der Waals surface area contributed by atoms with Crippen molar-refractivity contribution in [1.29, 1.82) is 0 Å². The van der Waals surface area contributed by atoms with E-state index >= 15 is 0 Å². The van der Waals surface area contributed by atoms with Gasteiger partial charge >= 0.3 is 0 Å². The van der Waals surface area contributed by atoms with Crippen molar-refractivity contribution >= 4 is 35.0 Å². The van der Waals surface area contributed by atoms with Gasteiger partial charge in [-0.1, -0.05) is 49.3 Å². The van der Waals surface area contributed by atoms with Crippen LogP contribution in [0, 0.1) is 5.82 Å². The number of thioether (sulfide) groups is 1. The third-order valence-electron chi connectivity index (χ3n) is 2.40. The van der Waals surface area contributed by atoms with E-state index in [1.54, 1.807) is 12.1 Å². The van der Waals surface area contributed by atoms with Gasteiger partial charge < -0.3 is 5.32 Å². The topological polar surface area (TPSA) is 54.9 Å². The molecule has 0 spiro atoms. The van der Waals surface area contributed by atoms with E-state index in [4.69, 9.17) is 11.6 Å². The fourth-order valence-corrected chi connectivity index (χ4v) is 2.38. The number of carbonyl (C=O) groups excluding carboxylic acids is 1. The minimum absolute atomic E-state index is 0.0260. The van der Waals surface area contributed by atoms with Crippen molar-refractivity contribution in [2.24, 2.45) is 0 Å². The Bertz CT molecular complexity index is 666. The maximum atomic E-state index is 13.5. The van der Waals surface area contributed by atoms with Crippen LogP contribution in [0.15, 0.2) is 35.6 Å². The molecule has 1 amide bonds. The molecule has 1 aromatic heterocycles. The van der Waals surface area contributed by atoms with Gasteiger partial charge in [0.2, 0.25) is 0 Å². The second kappa shape index (κ2) is 6.87. The molecule has 0 saturated heterocycles. The van der Waals surface area contributed by atoms with E-state index in [-0.39, 0.29) is 21.7 Å². The zero-order valence-corrected chi connectivity index (χ0v) is 13.0.